The van der Waals surface area contributed by atoms with E-state index in [2.05, 4.69) is 28.1 Å². The van der Waals surface area contributed by atoms with Crippen molar-refractivity contribution in [2.45, 2.75) is 17.7 Å². The lowest BCUT2D eigenvalue weighted by atomic mass is 10.0. The molecule has 0 radical (unpaired) electrons. The fourth-order valence-electron chi connectivity index (χ4n) is 2.65. The van der Waals surface area contributed by atoms with E-state index in [1.54, 1.807) is 7.11 Å². The van der Waals surface area contributed by atoms with Crippen molar-refractivity contribution in [3.63, 3.8) is 0 Å². The first-order chi connectivity index (χ1) is 10.2. The van der Waals surface area contributed by atoms with Gasteiger partial charge >= 0.3 is 0 Å². The monoisotopic (exact) mass is 366 g/mol. The number of rotatable bonds is 4. The smallest absolute Gasteiger partial charge is 0.127 e. The van der Waals surface area contributed by atoms with E-state index in [4.69, 9.17) is 21.1 Å². The third kappa shape index (κ3) is 3.19. The van der Waals surface area contributed by atoms with Gasteiger partial charge in [-0.15, -0.1) is 0 Å². The second-order valence-corrected chi connectivity index (χ2v) is 6.65. The molecule has 0 saturated heterocycles. The van der Waals surface area contributed by atoms with Gasteiger partial charge in [0.1, 0.15) is 11.5 Å². The molecule has 1 atom stereocenters. The van der Waals surface area contributed by atoms with Gasteiger partial charge in [0, 0.05) is 21.8 Å². The SMILES string of the molecule is COc1cccc(CC(Br)c2cc(Cl)cc3c2OCC3)c1. The van der Waals surface area contributed by atoms with E-state index in [0.717, 1.165) is 41.5 Å². The lowest BCUT2D eigenvalue weighted by molar-refractivity contribution is 0.353. The Hall–Kier alpha value is -1.19. The van der Waals surface area contributed by atoms with Crippen LogP contribution in [0, 0.1) is 0 Å². The van der Waals surface area contributed by atoms with Crippen LogP contribution < -0.4 is 9.47 Å². The summed E-state index contributed by atoms with van der Waals surface area (Å²) >= 11 is 10.0. The van der Waals surface area contributed by atoms with Gasteiger partial charge in [0.15, 0.2) is 0 Å². The molecular weight excluding hydrogens is 352 g/mol. The summed E-state index contributed by atoms with van der Waals surface area (Å²) in [5, 5.41) is 0.768. The fourth-order valence-corrected chi connectivity index (χ4v) is 3.61. The van der Waals surface area contributed by atoms with Gasteiger partial charge < -0.3 is 9.47 Å². The van der Waals surface area contributed by atoms with Crippen LogP contribution in [-0.2, 0) is 12.8 Å². The van der Waals surface area contributed by atoms with E-state index in [-0.39, 0.29) is 4.83 Å². The Kier molecular flexibility index (Phi) is 4.41. The standard InChI is InChI=1S/C17H16BrClO2/c1-20-14-4-2-3-11(7-14)8-16(18)15-10-13(19)9-12-5-6-21-17(12)15/h2-4,7,9-10,16H,5-6,8H2,1H3. The van der Waals surface area contributed by atoms with Crippen molar-refractivity contribution in [1.29, 1.82) is 0 Å². The Morgan fingerprint density at radius 3 is 3.00 bits per heavy atom. The Morgan fingerprint density at radius 1 is 1.33 bits per heavy atom. The Balaban J connectivity index is 1.87. The molecule has 2 aromatic rings. The van der Waals surface area contributed by atoms with E-state index in [9.17, 15) is 0 Å². The summed E-state index contributed by atoms with van der Waals surface area (Å²) in [6, 6.07) is 12.1. The molecule has 1 heterocycles. The van der Waals surface area contributed by atoms with Gasteiger partial charge in [-0.05, 0) is 41.8 Å². The maximum absolute atomic E-state index is 6.23. The zero-order valence-electron chi connectivity index (χ0n) is 11.7. The minimum atomic E-state index is 0.162. The molecule has 4 heteroatoms. The van der Waals surface area contributed by atoms with Gasteiger partial charge in [-0.25, -0.2) is 0 Å². The molecule has 0 aromatic heterocycles. The third-order valence-corrected chi connectivity index (χ3v) is 4.70. The Labute approximate surface area is 138 Å². The van der Waals surface area contributed by atoms with Crippen molar-refractivity contribution >= 4 is 27.5 Å². The van der Waals surface area contributed by atoms with Crippen LogP contribution >= 0.6 is 27.5 Å². The molecule has 1 aliphatic rings. The van der Waals surface area contributed by atoms with Crippen molar-refractivity contribution in [3.05, 3.63) is 58.1 Å². The minimum Gasteiger partial charge on any atom is -0.497 e. The number of methoxy groups -OCH3 is 1. The number of ether oxygens (including phenoxy) is 2. The molecule has 0 aliphatic carbocycles. The quantitative estimate of drug-likeness (QED) is 0.711. The zero-order chi connectivity index (χ0) is 14.8. The van der Waals surface area contributed by atoms with Gasteiger partial charge in [0.25, 0.3) is 0 Å². The number of halogens is 2. The van der Waals surface area contributed by atoms with E-state index in [1.807, 2.05) is 24.3 Å². The highest BCUT2D eigenvalue weighted by molar-refractivity contribution is 9.09. The van der Waals surface area contributed by atoms with Crippen molar-refractivity contribution in [2.24, 2.45) is 0 Å². The maximum Gasteiger partial charge on any atom is 0.127 e. The summed E-state index contributed by atoms with van der Waals surface area (Å²) in [5.41, 5.74) is 3.54. The number of benzene rings is 2. The Morgan fingerprint density at radius 2 is 2.19 bits per heavy atom. The first-order valence-corrected chi connectivity index (χ1v) is 8.19. The number of hydrogen-bond acceptors (Lipinski definition) is 2. The van der Waals surface area contributed by atoms with Crippen molar-refractivity contribution in [3.8, 4) is 11.5 Å². The van der Waals surface area contributed by atoms with Crippen LogP contribution in [0.15, 0.2) is 36.4 Å². The first-order valence-electron chi connectivity index (χ1n) is 6.89. The molecule has 110 valence electrons. The lowest BCUT2D eigenvalue weighted by Crippen LogP contribution is -1.99. The van der Waals surface area contributed by atoms with Crippen LogP contribution in [0.2, 0.25) is 5.02 Å². The molecule has 3 rings (SSSR count). The largest absolute Gasteiger partial charge is 0.497 e. The van der Waals surface area contributed by atoms with Crippen molar-refractivity contribution in [2.75, 3.05) is 13.7 Å². The van der Waals surface area contributed by atoms with Gasteiger partial charge in [0.2, 0.25) is 0 Å². The summed E-state index contributed by atoms with van der Waals surface area (Å²) in [6.07, 6.45) is 1.79. The molecule has 2 nitrogen and oxygen atoms in total. The number of alkyl halides is 1. The minimum absolute atomic E-state index is 0.162. The van der Waals surface area contributed by atoms with Crippen LogP contribution in [0.4, 0.5) is 0 Å². The molecule has 1 unspecified atom stereocenters. The fraction of sp³-hybridized carbons (Fsp3) is 0.294. The summed E-state index contributed by atoms with van der Waals surface area (Å²) in [4.78, 5) is 0.162. The summed E-state index contributed by atoms with van der Waals surface area (Å²) in [6.45, 7) is 0.738. The highest BCUT2D eigenvalue weighted by Gasteiger charge is 2.22. The van der Waals surface area contributed by atoms with Gasteiger partial charge in [-0.3, -0.25) is 0 Å². The predicted octanol–water partition coefficient (Wildman–Crippen LogP) is 4.96. The van der Waals surface area contributed by atoms with E-state index in [0.29, 0.717) is 0 Å². The van der Waals surface area contributed by atoms with Gasteiger partial charge in [-0.2, -0.15) is 0 Å². The molecule has 0 bridgehead atoms. The molecule has 2 aromatic carbocycles. The average Bonchev–Trinajstić information content (AvgIpc) is 2.94. The lowest BCUT2D eigenvalue weighted by Gasteiger charge is -2.15. The van der Waals surface area contributed by atoms with Crippen LogP contribution in [-0.4, -0.2) is 13.7 Å². The summed E-state index contributed by atoms with van der Waals surface area (Å²) in [5.74, 6) is 1.86. The molecular formula is C17H16BrClO2. The predicted molar refractivity (Wildman–Crippen MR) is 89.0 cm³/mol. The molecule has 0 fully saturated rings. The topological polar surface area (TPSA) is 18.5 Å². The van der Waals surface area contributed by atoms with Gasteiger partial charge in [-0.1, -0.05) is 39.7 Å². The van der Waals surface area contributed by atoms with E-state index >= 15 is 0 Å². The number of hydrogen-bond donors (Lipinski definition) is 0. The van der Waals surface area contributed by atoms with Crippen LogP contribution in [0.3, 0.4) is 0 Å². The molecule has 21 heavy (non-hydrogen) atoms. The third-order valence-electron chi connectivity index (χ3n) is 3.66. The van der Waals surface area contributed by atoms with E-state index in [1.165, 1.54) is 11.1 Å². The van der Waals surface area contributed by atoms with Crippen molar-refractivity contribution < 1.29 is 9.47 Å². The second kappa shape index (κ2) is 6.29. The average molecular weight is 368 g/mol. The first kappa shape index (κ1) is 14.7. The molecule has 0 N–H and O–H groups in total. The molecule has 0 saturated carbocycles. The highest BCUT2D eigenvalue weighted by Crippen LogP contribution is 2.40. The molecule has 0 amide bonds. The maximum atomic E-state index is 6.23. The van der Waals surface area contributed by atoms with Crippen LogP contribution in [0.25, 0.3) is 0 Å². The summed E-state index contributed by atoms with van der Waals surface area (Å²) in [7, 11) is 1.68. The Bertz CT molecular complexity index is 657. The van der Waals surface area contributed by atoms with Crippen LogP contribution in [0.1, 0.15) is 21.5 Å². The van der Waals surface area contributed by atoms with Crippen LogP contribution in [0.5, 0.6) is 11.5 Å². The zero-order valence-corrected chi connectivity index (χ0v) is 14.1. The number of fused-ring (bicyclic) bond motifs is 1. The van der Waals surface area contributed by atoms with Crippen molar-refractivity contribution in [1.82, 2.24) is 0 Å². The van der Waals surface area contributed by atoms with E-state index < -0.39 is 0 Å². The normalized spacial score (nSPS) is 14.4. The highest BCUT2D eigenvalue weighted by atomic mass is 79.9. The summed E-state index contributed by atoms with van der Waals surface area (Å²) < 4.78 is 11.0. The molecule has 1 aliphatic heterocycles. The van der Waals surface area contributed by atoms with Gasteiger partial charge in [0.05, 0.1) is 13.7 Å². The molecule has 0 spiro atoms. The second-order valence-electron chi connectivity index (χ2n) is 5.10.